The zero-order valence-electron chi connectivity index (χ0n) is 8.95. The van der Waals surface area contributed by atoms with E-state index < -0.39 is 17.5 Å². The third kappa shape index (κ3) is 2.81. The highest BCUT2D eigenvalue weighted by molar-refractivity contribution is 6.29. The number of nitrogens with zero attached hydrogens (tertiary/aromatic N) is 1. The van der Waals surface area contributed by atoms with Gasteiger partial charge in [0.1, 0.15) is 16.8 Å². The number of hydrogen-bond donors (Lipinski definition) is 1. The lowest BCUT2D eigenvalue weighted by Gasteiger charge is -2.05. The highest BCUT2D eigenvalue weighted by Crippen LogP contribution is 2.14. The van der Waals surface area contributed by atoms with Crippen LogP contribution in [-0.2, 0) is 0 Å². The fourth-order valence-electron chi connectivity index (χ4n) is 1.32. The Balaban J connectivity index is 2.19. The molecule has 0 saturated carbocycles. The molecule has 0 aliphatic heterocycles. The van der Waals surface area contributed by atoms with Gasteiger partial charge in [-0.3, -0.25) is 4.79 Å². The molecule has 0 aliphatic carbocycles. The van der Waals surface area contributed by atoms with Gasteiger partial charge in [0.05, 0.1) is 17.4 Å². The van der Waals surface area contributed by atoms with E-state index in [4.69, 9.17) is 11.6 Å². The number of nitrogens with one attached hydrogen (secondary N) is 1. The van der Waals surface area contributed by atoms with Crippen molar-refractivity contribution in [2.24, 2.45) is 0 Å². The quantitative estimate of drug-likeness (QED) is 0.850. The number of aromatic nitrogens is 1. The van der Waals surface area contributed by atoms with E-state index in [0.717, 1.165) is 12.1 Å². The van der Waals surface area contributed by atoms with Crippen molar-refractivity contribution in [3.8, 4) is 0 Å². The number of anilines is 1. The first-order valence-electron chi connectivity index (χ1n) is 4.94. The highest BCUT2D eigenvalue weighted by Gasteiger charge is 2.12. The number of amides is 1. The van der Waals surface area contributed by atoms with E-state index >= 15 is 0 Å². The molecule has 1 aromatic heterocycles. The fourth-order valence-corrected chi connectivity index (χ4v) is 1.43. The number of hydrogen-bond acceptors (Lipinski definition) is 2. The van der Waals surface area contributed by atoms with E-state index in [0.29, 0.717) is 11.8 Å². The molecule has 1 aromatic carbocycles. The molecule has 2 rings (SSSR count). The third-order valence-electron chi connectivity index (χ3n) is 2.16. The van der Waals surface area contributed by atoms with Crippen molar-refractivity contribution in [1.29, 1.82) is 0 Å². The molecule has 0 fully saturated rings. The summed E-state index contributed by atoms with van der Waals surface area (Å²) >= 11 is 5.58. The van der Waals surface area contributed by atoms with Gasteiger partial charge in [-0.25, -0.2) is 13.8 Å². The Morgan fingerprint density at radius 1 is 1.22 bits per heavy atom. The summed E-state index contributed by atoms with van der Waals surface area (Å²) in [4.78, 5) is 15.5. The molecule has 3 nitrogen and oxygen atoms in total. The molecule has 0 bridgehead atoms. The van der Waals surface area contributed by atoms with Crippen LogP contribution in [0.3, 0.4) is 0 Å². The maximum absolute atomic E-state index is 13.3. The lowest BCUT2D eigenvalue weighted by molar-refractivity contribution is 0.102. The smallest absolute Gasteiger partial charge is 0.258 e. The summed E-state index contributed by atoms with van der Waals surface area (Å²) in [7, 11) is 0. The monoisotopic (exact) mass is 268 g/mol. The Morgan fingerprint density at radius 3 is 2.61 bits per heavy atom. The minimum absolute atomic E-state index is 0.244. The van der Waals surface area contributed by atoms with Crippen LogP contribution < -0.4 is 5.32 Å². The number of halogens is 3. The molecular formula is C12H7ClF2N2O. The van der Waals surface area contributed by atoms with Gasteiger partial charge in [-0.2, -0.15) is 0 Å². The topological polar surface area (TPSA) is 42.0 Å². The first kappa shape index (κ1) is 12.4. The summed E-state index contributed by atoms with van der Waals surface area (Å²) in [5.74, 6) is -2.34. The molecule has 0 aliphatic rings. The predicted octanol–water partition coefficient (Wildman–Crippen LogP) is 3.27. The number of carbonyl (C=O) groups excluding carboxylic acids is 1. The molecule has 1 N–H and O–H groups in total. The molecule has 0 unspecified atom stereocenters. The molecule has 2 aromatic rings. The van der Waals surface area contributed by atoms with Gasteiger partial charge in [-0.15, -0.1) is 0 Å². The van der Waals surface area contributed by atoms with Crippen LogP contribution in [0.25, 0.3) is 0 Å². The summed E-state index contributed by atoms with van der Waals surface area (Å²) < 4.78 is 26.0. The lowest BCUT2D eigenvalue weighted by atomic mass is 10.2. The first-order valence-corrected chi connectivity index (χ1v) is 5.32. The van der Waals surface area contributed by atoms with Crippen LogP contribution in [0.5, 0.6) is 0 Å². The zero-order chi connectivity index (χ0) is 13.1. The normalized spacial score (nSPS) is 10.2. The second-order valence-corrected chi connectivity index (χ2v) is 3.84. The summed E-state index contributed by atoms with van der Waals surface area (Å²) in [6, 6.07) is 5.74. The molecular weight excluding hydrogens is 262 g/mol. The van der Waals surface area contributed by atoms with Crippen molar-refractivity contribution in [1.82, 2.24) is 4.98 Å². The van der Waals surface area contributed by atoms with Crippen molar-refractivity contribution in [3.05, 3.63) is 58.9 Å². The Bertz CT molecular complexity index is 587. The summed E-state index contributed by atoms with van der Waals surface area (Å²) in [5.41, 5.74) is 0.125. The van der Waals surface area contributed by atoms with Gasteiger partial charge < -0.3 is 5.32 Å². The second-order valence-electron chi connectivity index (χ2n) is 3.45. The van der Waals surface area contributed by atoms with E-state index in [1.807, 2.05) is 0 Å². The highest BCUT2D eigenvalue weighted by atomic mass is 35.5. The van der Waals surface area contributed by atoms with Crippen LogP contribution in [0.1, 0.15) is 10.4 Å². The molecule has 0 atom stereocenters. The Labute approximate surface area is 106 Å². The molecule has 1 heterocycles. The molecule has 1 amide bonds. The van der Waals surface area contributed by atoms with E-state index in [1.54, 1.807) is 0 Å². The van der Waals surface area contributed by atoms with Crippen LogP contribution in [0.15, 0.2) is 36.5 Å². The van der Waals surface area contributed by atoms with Gasteiger partial charge in [0.2, 0.25) is 0 Å². The minimum atomic E-state index is -0.922. The largest absolute Gasteiger partial charge is 0.320 e. The second kappa shape index (κ2) is 5.10. The van der Waals surface area contributed by atoms with Crippen molar-refractivity contribution >= 4 is 23.2 Å². The zero-order valence-corrected chi connectivity index (χ0v) is 9.71. The molecule has 0 saturated heterocycles. The maximum Gasteiger partial charge on any atom is 0.258 e. The van der Waals surface area contributed by atoms with Gasteiger partial charge in [0.25, 0.3) is 5.91 Å². The molecule has 18 heavy (non-hydrogen) atoms. The van der Waals surface area contributed by atoms with Gasteiger partial charge in [0, 0.05) is 6.07 Å². The van der Waals surface area contributed by atoms with E-state index in [9.17, 15) is 13.6 Å². The average Bonchev–Trinajstić information content (AvgIpc) is 2.32. The Hall–Kier alpha value is -2.01. The van der Waals surface area contributed by atoms with Gasteiger partial charge in [-0.05, 0) is 24.3 Å². The fraction of sp³-hybridized carbons (Fsp3) is 0. The van der Waals surface area contributed by atoms with Gasteiger partial charge >= 0.3 is 0 Å². The minimum Gasteiger partial charge on any atom is -0.320 e. The molecule has 6 heteroatoms. The van der Waals surface area contributed by atoms with Crippen LogP contribution in [0, 0.1) is 11.6 Å². The number of rotatable bonds is 2. The maximum atomic E-state index is 13.3. The predicted molar refractivity (Wildman–Crippen MR) is 63.6 cm³/mol. The van der Waals surface area contributed by atoms with Crippen molar-refractivity contribution < 1.29 is 13.6 Å². The summed E-state index contributed by atoms with van der Waals surface area (Å²) in [5, 5.41) is 2.70. The molecule has 0 radical (unpaired) electrons. The molecule has 92 valence electrons. The summed E-state index contributed by atoms with van der Waals surface area (Å²) in [6.45, 7) is 0. The van der Waals surface area contributed by atoms with Crippen LogP contribution >= 0.6 is 11.6 Å². The SMILES string of the molecule is O=C(Nc1ccc(Cl)nc1)c1ccc(F)cc1F. The van der Waals surface area contributed by atoms with E-state index in [1.165, 1.54) is 18.3 Å². The number of carbonyl (C=O) groups is 1. The van der Waals surface area contributed by atoms with E-state index in [2.05, 4.69) is 10.3 Å². The molecule has 0 spiro atoms. The lowest BCUT2D eigenvalue weighted by Crippen LogP contribution is -2.14. The van der Waals surface area contributed by atoms with Crippen molar-refractivity contribution in [3.63, 3.8) is 0 Å². The summed E-state index contributed by atoms with van der Waals surface area (Å²) in [6.07, 6.45) is 1.33. The number of pyridine rings is 1. The first-order chi connectivity index (χ1) is 8.56. The van der Waals surface area contributed by atoms with Crippen molar-refractivity contribution in [2.45, 2.75) is 0 Å². The van der Waals surface area contributed by atoms with E-state index in [-0.39, 0.29) is 10.7 Å². The Morgan fingerprint density at radius 2 is 2.00 bits per heavy atom. The van der Waals surface area contributed by atoms with Crippen LogP contribution in [-0.4, -0.2) is 10.9 Å². The standard InChI is InChI=1S/C12H7ClF2N2O/c13-11-4-2-8(6-16-11)17-12(18)9-3-1-7(14)5-10(9)15/h1-6H,(H,17,18). The third-order valence-corrected chi connectivity index (χ3v) is 2.38. The number of benzene rings is 1. The Kier molecular flexibility index (Phi) is 3.53. The average molecular weight is 269 g/mol. The van der Waals surface area contributed by atoms with Crippen molar-refractivity contribution in [2.75, 3.05) is 5.32 Å². The van der Waals surface area contributed by atoms with Gasteiger partial charge in [-0.1, -0.05) is 11.6 Å². The van der Waals surface area contributed by atoms with Crippen LogP contribution in [0.2, 0.25) is 5.15 Å². The van der Waals surface area contributed by atoms with Gasteiger partial charge in [0.15, 0.2) is 0 Å². The van der Waals surface area contributed by atoms with Crippen LogP contribution in [0.4, 0.5) is 14.5 Å².